The number of Topliss-reactive ketones (excluding diaryl/α,β-unsaturated/α-hetero) is 1. The van der Waals surface area contributed by atoms with E-state index in [0.717, 1.165) is 79.5 Å². The fraction of sp³-hybridized carbons (Fsp3) is 0.370. The molecular weight excluding hydrogens is 781 g/mol. The second-order valence-electron chi connectivity index (χ2n) is 16.1. The highest BCUT2D eigenvalue weighted by atomic mass is 32.2. The van der Waals surface area contributed by atoms with Gasteiger partial charge in [-0.15, -0.1) is 0 Å². The predicted octanol–water partition coefficient (Wildman–Crippen LogP) is 8.55. The molecule has 14 heteroatoms. The number of nitrogens with zero attached hydrogens (tertiary/aromatic N) is 3. The second-order valence-corrected chi connectivity index (χ2v) is 17.8. The number of benzene rings is 4. The summed E-state index contributed by atoms with van der Waals surface area (Å²) in [6.45, 7) is 14.4. The summed E-state index contributed by atoms with van der Waals surface area (Å²) >= 11 is 0. The molecule has 1 aromatic heterocycles. The number of likely N-dealkylation sites (N-methyl/N-ethyl adjacent to an activating group) is 1. The Morgan fingerprint density at radius 2 is 1.50 bits per heavy atom. The van der Waals surface area contributed by atoms with Crippen molar-refractivity contribution >= 4 is 49.7 Å². The van der Waals surface area contributed by atoms with Gasteiger partial charge in [-0.05, 0) is 78.5 Å². The highest BCUT2D eigenvalue weighted by Gasteiger charge is 2.23. The monoisotopic (exact) mass is 836 g/mol. The van der Waals surface area contributed by atoms with Gasteiger partial charge >= 0.3 is 6.03 Å². The number of piperazine rings is 1. The number of amides is 2. The summed E-state index contributed by atoms with van der Waals surface area (Å²) in [6, 6.07) is 23.4. The maximum atomic E-state index is 13.5. The lowest BCUT2D eigenvalue weighted by Crippen LogP contribution is -2.46. The first-order chi connectivity index (χ1) is 28.6. The molecule has 2 heterocycles. The van der Waals surface area contributed by atoms with Crippen molar-refractivity contribution in [1.29, 1.82) is 0 Å². The Morgan fingerprint density at radius 1 is 0.800 bits per heavy atom. The van der Waals surface area contributed by atoms with Gasteiger partial charge in [-0.25, -0.2) is 13.2 Å². The number of rotatable bonds is 16. The third-order valence-electron chi connectivity index (χ3n) is 10.6. The molecule has 1 fully saturated rings. The molecular formula is C46H56N6O7S. The molecule has 5 aromatic rings. The van der Waals surface area contributed by atoms with E-state index in [1.165, 1.54) is 7.11 Å². The van der Waals surface area contributed by atoms with Crippen molar-refractivity contribution in [3.63, 3.8) is 0 Å². The summed E-state index contributed by atoms with van der Waals surface area (Å²) in [6.07, 6.45) is 4.54. The number of carbonyl (C=O) groups excluding carboxylic acids is 2. The van der Waals surface area contributed by atoms with E-state index in [2.05, 4.69) is 37.1 Å². The van der Waals surface area contributed by atoms with E-state index < -0.39 is 16.1 Å². The van der Waals surface area contributed by atoms with Crippen LogP contribution in [0.1, 0.15) is 67.7 Å². The average Bonchev–Trinajstić information content (AvgIpc) is 3.21. The van der Waals surface area contributed by atoms with Gasteiger partial charge in [0.25, 0.3) is 0 Å². The minimum Gasteiger partial charge on any atom is -0.496 e. The number of urea groups is 1. The first kappa shape index (κ1) is 43.9. The molecule has 0 spiro atoms. The van der Waals surface area contributed by atoms with E-state index in [1.54, 1.807) is 43.6 Å². The van der Waals surface area contributed by atoms with Crippen LogP contribution in [-0.4, -0.2) is 94.8 Å². The first-order valence-corrected chi connectivity index (χ1v) is 22.1. The van der Waals surface area contributed by atoms with Crippen molar-refractivity contribution in [3.8, 4) is 23.0 Å². The summed E-state index contributed by atoms with van der Waals surface area (Å²) in [5, 5.41) is 7.31. The smallest absolute Gasteiger partial charge is 0.323 e. The molecule has 60 heavy (non-hydrogen) atoms. The standard InChI is InChI=1S/C46H56N6O7S/c1-8-51-22-24-52(25-23-51)21-11-14-41(53)37-16-15-31(27-43(37)57-5)26-33-30-34(19-20-47-33)59-42-18-17-38(35-12-9-10-13-36(35)42)48-45(54)49-39-28-32(46(2,3)4)29-40(44(39)58-6)50-60(7,55)56/h9-10,12-13,15-20,27-30,50H,8,11,14,21-26H2,1-7H3,(H2,48,49,54). The van der Waals surface area contributed by atoms with E-state index in [1.807, 2.05) is 69.3 Å². The maximum Gasteiger partial charge on any atom is 0.323 e. The summed E-state index contributed by atoms with van der Waals surface area (Å²) in [4.78, 5) is 36.2. The van der Waals surface area contributed by atoms with Gasteiger partial charge in [-0.3, -0.25) is 14.5 Å². The highest BCUT2D eigenvalue weighted by molar-refractivity contribution is 7.92. The summed E-state index contributed by atoms with van der Waals surface area (Å²) in [5.41, 5.74) is 3.80. The number of hydrogen-bond donors (Lipinski definition) is 3. The van der Waals surface area contributed by atoms with Gasteiger partial charge in [0.1, 0.15) is 17.2 Å². The van der Waals surface area contributed by atoms with E-state index >= 15 is 0 Å². The molecule has 0 bridgehead atoms. The quantitative estimate of drug-likeness (QED) is 0.0825. The lowest BCUT2D eigenvalue weighted by atomic mass is 9.86. The molecule has 4 aromatic carbocycles. The van der Waals surface area contributed by atoms with E-state index in [4.69, 9.17) is 14.2 Å². The van der Waals surface area contributed by atoms with Crippen LogP contribution in [0.25, 0.3) is 10.8 Å². The lowest BCUT2D eigenvalue weighted by molar-refractivity contribution is 0.0960. The zero-order chi connectivity index (χ0) is 43.0. The SMILES string of the molecule is CCN1CCN(CCCC(=O)c2ccc(Cc3cc(Oc4ccc(NC(=O)Nc5cc(C(C)(C)C)cc(NS(C)(=O)=O)c5OC)c5ccccc45)ccn3)cc2OC)CC1. The van der Waals surface area contributed by atoms with Crippen LogP contribution in [0.3, 0.4) is 0 Å². The van der Waals surface area contributed by atoms with Crippen molar-refractivity contribution < 1.29 is 32.2 Å². The van der Waals surface area contributed by atoms with Gasteiger partial charge in [-0.2, -0.15) is 0 Å². The molecule has 2 amide bonds. The number of pyridine rings is 1. The van der Waals surface area contributed by atoms with Crippen LogP contribution >= 0.6 is 0 Å². The predicted molar refractivity (Wildman–Crippen MR) is 239 cm³/mol. The molecule has 13 nitrogen and oxygen atoms in total. The van der Waals surface area contributed by atoms with Crippen LogP contribution in [0.5, 0.6) is 23.0 Å². The molecule has 0 aliphatic carbocycles. The Kier molecular flexibility index (Phi) is 14.0. The minimum absolute atomic E-state index is 0.0809. The number of hydrogen-bond acceptors (Lipinski definition) is 10. The fourth-order valence-electron chi connectivity index (χ4n) is 7.35. The Labute approximate surface area is 353 Å². The Bertz CT molecular complexity index is 2440. The van der Waals surface area contributed by atoms with Crippen LogP contribution in [0.4, 0.5) is 21.9 Å². The number of nitrogens with one attached hydrogen (secondary N) is 3. The van der Waals surface area contributed by atoms with Crippen molar-refractivity contribution in [2.24, 2.45) is 0 Å². The summed E-state index contributed by atoms with van der Waals surface area (Å²) in [5.74, 6) is 1.98. The number of methoxy groups -OCH3 is 2. The van der Waals surface area contributed by atoms with Gasteiger partial charge in [-0.1, -0.05) is 58.0 Å². The van der Waals surface area contributed by atoms with Crippen molar-refractivity contribution in [2.45, 2.75) is 52.4 Å². The van der Waals surface area contributed by atoms with Gasteiger partial charge in [0.05, 0.1) is 43.1 Å². The third-order valence-corrected chi connectivity index (χ3v) is 11.2. The van der Waals surface area contributed by atoms with Crippen LogP contribution in [0.15, 0.2) is 85.1 Å². The Balaban J connectivity index is 1.13. The molecule has 0 saturated carbocycles. The number of aromatic nitrogens is 1. The van der Waals surface area contributed by atoms with E-state index in [9.17, 15) is 18.0 Å². The van der Waals surface area contributed by atoms with Crippen LogP contribution in [0.2, 0.25) is 0 Å². The van der Waals surface area contributed by atoms with Crippen molar-refractivity contribution in [3.05, 3.63) is 107 Å². The Morgan fingerprint density at radius 3 is 2.18 bits per heavy atom. The average molecular weight is 837 g/mol. The molecule has 0 unspecified atom stereocenters. The van der Waals surface area contributed by atoms with Gasteiger partial charge in [0.2, 0.25) is 10.0 Å². The number of ether oxygens (including phenoxy) is 3. The largest absolute Gasteiger partial charge is 0.496 e. The highest BCUT2D eigenvalue weighted by Crippen LogP contribution is 2.40. The third kappa shape index (κ3) is 11.3. The Hall–Kier alpha value is -5.70. The zero-order valence-corrected chi connectivity index (χ0v) is 36.4. The first-order valence-electron chi connectivity index (χ1n) is 20.2. The van der Waals surface area contributed by atoms with Gasteiger partial charge in [0, 0.05) is 67.8 Å². The van der Waals surface area contributed by atoms with Gasteiger partial charge < -0.3 is 34.6 Å². The van der Waals surface area contributed by atoms with Crippen molar-refractivity contribution in [2.75, 3.05) is 75.1 Å². The molecule has 3 N–H and O–H groups in total. The summed E-state index contributed by atoms with van der Waals surface area (Å²) in [7, 11) is -0.634. The number of sulfonamides is 1. The van der Waals surface area contributed by atoms with Crippen LogP contribution < -0.4 is 29.6 Å². The lowest BCUT2D eigenvalue weighted by Gasteiger charge is -2.33. The van der Waals surface area contributed by atoms with E-state index in [-0.39, 0.29) is 22.6 Å². The van der Waals surface area contributed by atoms with Crippen LogP contribution in [0, 0.1) is 0 Å². The van der Waals surface area contributed by atoms with E-state index in [0.29, 0.717) is 47.0 Å². The molecule has 1 saturated heterocycles. The van der Waals surface area contributed by atoms with Crippen LogP contribution in [-0.2, 0) is 21.9 Å². The number of ketones is 1. The van der Waals surface area contributed by atoms with Gasteiger partial charge in [0.15, 0.2) is 11.5 Å². The normalized spacial score (nSPS) is 13.8. The molecule has 0 atom stereocenters. The topological polar surface area (TPSA) is 151 Å². The number of fused-ring (bicyclic) bond motifs is 1. The molecule has 6 rings (SSSR count). The number of carbonyl (C=O) groups is 2. The molecule has 1 aliphatic rings. The zero-order valence-electron chi connectivity index (χ0n) is 35.6. The maximum absolute atomic E-state index is 13.5. The minimum atomic E-state index is -3.64. The molecule has 1 aliphatic heterocycles. The molecule has 0 radical (unpaired) electrons. The second kappa shape index (κ2) is 19.1. The summed E-state index contributed by atoms with van der Waals surface area (Å²) < 4.78 is 44.6. The molecule has 318 valence electrons. The van der Waals surface area contributed by atoms with Crippen molar-refractivity contribution in [1.82, 2.24) is 14.8 Å². The fourth-order valence-corrected chi connectivity index (χ4v) is 7.90. The number of anilines is 3.